The van der Waals surface area contributed by atoms with Crippen molar-refractivity contribution >= 4 is 10.8 Å². The van der Waals surface area contributed by atoms with Gasteiger partial charge in [0.25, 0.3) is 0 Å². The molecule has 3 N–H and O–H groups in total. The summed E-state index contributed by atoms with van der Waals surface area (Å²) in [4.78, 5) is 0. The lowest BCUT2D eigenvalue weighted by molar-refractivity contribution is 0.132. The normalized spacial score (nSPS) is 22.7. The first-order valence-corrected chi connectivity index (χ1v) is 11.4. The molecule has 2 aliphatic rings. The van der Waals surface area contributed by atoms with E-state index >= 15 is 0 Å². The van der Waals surface area contributed by atoms with Gasteiger partial charge in [-0.05, 0) is 78.6 Å². The highest BCUT2D eigenvalue weighted by Crippen LogP contribution is 2.48. The van der Waals surface area contributed by atoms with Gasteiger partial charge in [-0.3, -0.25) is 0 Å². The molecule has 156 valence electrons. The lowest BCUT2D eigenvalue weighted by Gasteiger charge is -2.29. The van der Waals surface area contributed by atoms with Crippen molar-refractivity contribution in [3.8, 4) is 5.75 Å². The lowest BCUT2D eigenvalue weighted by atomic mass is 9.93. The molecule has 0 bridgehead atoms. The van der Waals surface area contributed by atoms with E-state index < -0.39 is 0 Å². The van der Waals surface area contributed by atoms with Crippen molar-refractivity contribution in [2.45, 2.75) is 69.7 Å². The van der Waals surface area contributed by atoms with E-state index in [1.807, 2.05) is 0 Å². The molecule has 0 radical (unpaired) electrons. The molecule has 0 amide bonds. The standard InChI is InChI=1S/C27H32N2O/c1-19-13-14-22(30-26-12-5-4-11-25(26)28)17-21(19)18-29-27(15-16-27)24-10-6-8-20-7-2-3-9-23(20)24/h2-3,6-10,13-14,17,25-26,29H,4-5,11-12,15-16,18,28H2,1H3/t25-,26-/m1/s1. The fourth-order valence-corrected chi connectivity index (χ4v) is 4.93. The molecule has 3 nitrogen and oxygen atoms in total. The summed E-state index contributed by atoms with van der Waals surface area (Å²) in [5, 5.41) is 6.58. The molecular formula is C27H32N2O. The third kappa shape index (κ3) is 3.84. The van der Waals surface area contributed by atoms with Gasteiger partial charge in [-0.2, -0.15) is 0 Å². The fraction of sp³-hybridized carbons (Fsp3) is 0.407. The zero-order valence-corrected chi connectivity index (χ0v) is 17.9. The maximum Gasteiger partial charge on any atom is 0.120 e. The minimum Gasteiger partial charge on any atom is -0.489 e. The molecule has 5 rings (SSSR count). The summed E-state index contributed by atoms with van der Waals surface area (Å²) in [6, 6.07) is 22.0. The number of rotatable bonds is 6. The molecule has 3 aromatic carbocycles. The van der Waals surface area contributed by atoms with Crippen LogP contribution in [0, 0.1) is 6.92 Å². The molecule has 0 aromatic heterocycles. The first-order valence-electron chi connectivity index (χ1n) is 11.4. The first-order chi connectivity index (χ1) is 14.6. The number of nitrogens with one attached hydrogen (secondary N) is 1. The van der Waals surface area contributed by atoms with Gasteiger partial charge in [-0.15, -0.1) is 0 Å². The van der Waals surface area contributed by atoms with E-state index in [-0.39, 0.29) is 17.7 Å². The minimum absolute atomic E-state index is 0.0931. The predicted octanol–water partition coefficient (Wildman–Crippen LogP) is 5.58. The summed E-state index contributed by atoms with van der Waals surface area (Å²) < 4.78 is 6.30. The van der Waals surface area contributed by atoms with Crippen LogP contribution in [0.25, 0.3) is 10.8 Å². The number of nitrogens with two attached hydrogens (primary N) is 1. The smallest absolute Gasteiger partial charge is 0.120 e. The van der Waals surface area contributed by atoms with Gasteiger partial charge in [0.15, 0.2) is 0 Å². The van der Waals surface area contributed by atoms with E-state index in [1.165, 1.54) is 53.1 Å². The van der Waals surface area contributed by atoms with Gasteiger partial charge in [0.05, 0.1) is 0 Å². The summed E-state index contributed by atoms with van der Waals surface area (Å²) in [7, 11) is 0. The van der Waals surface area contributed by atoms with Crippen LogP contribution in [0.5, 0.6) is 5.75 Å². The van der Waals surface area contributed by atoms with Crippen LogP contribution >= 0.6 is 0 Å². The van der Waals surface area contributed by atoms with Crippen LogP contribution in [0.4, 0.5) is 0 Å². The Balaban J connectivity index is 1.33. The third-order valence-corrected chi connectivity index (χ3v) is 7.03. The number of ether oxygens (including phenoxy) is 1. The Labute approximate surface area is 179 Å². The summed E-state index contributed by atoms with van der Waals surface area (Å²) in [5.74, 6) is 0.953. The Morgan fingerprint density at radius 1 is 1.00 bits per heavy atom. The monoisotopic (exact) mass is 400 g/mol. The molecule has 0 spiro atoms. The Hall–Kier alpha value is -2.36. The SMILES string of the molecule is Cc1ccc(O[C@@H]2CCCC[C@H]2N)cc1CNC1(c2cccc3ccccc23)CC1. The van der Waals surface area contributed by atoms with Crippen molar-refractivity contribution in [1.29, 1.82) is 0 Å². The second kappa shape index (κ2) is 8.05. The number of fused-ring (bicyclic) bond motifs is 1. The number of hydrogen-bond acceptors (Lipinski definition) is 3. The van der Waals surface area contributed by atoms with E-state index in [0.717, 1.165) is 25.1 Å². The predicted molar refractivity (Wildman–Crippen MR) is 124 cm³/mol. The summed E-state index contributed by atoms with van der Waals surface area (Å²) in [6.07, 6.45) is 7.09. The van der Waals surface area contributed by atoms with Crippen LogP contribution in [0.15, 0.2) is 60.7 Å². The third-order valence-electron chi connectivity index (χ3n) is 7.03. The molecule has 3 heteroatoms. The maximum atomic E-state index is 6.30. The molecule has 0 aliphatic heterocycles. The Bertz CT molecular complexity index is 1030. The van der Waals surface area contributed by atoms with E-state index in [9.17, 15) is 0 Å². The zero-order chi connectivity index (χ0) is 20.6. The van der Waals surface area contributed by atoms with E-state index in [0.29, 0.717) is 0 Å². The van der Waals surface area contributed by atoms with Crippen LogP contribution in [0.1, 0.15) is 55.2 Å². The van der Waals surface area contributed by atoms with Crippen LogP contribution in [0.3, 0.4) is 0 Å². The van der Waals surface area contributed by atoms with E-state index in [2.05, 4.69) is 72.9 Å². The van der Waals surface area contributed by atoms with Gasteiger partial charge in [-0.1, -0.05) is 55.0 Å². The fourth-order valence-electron chi connectivity index (χ4n) is 4.93. The molecule has 2 atom stereocenters. The van der Waals surface area contributed by atoms with E-state index in [1.54, 1.807) is 0 Å². The highest BCUT2D eigenvalue weighted by molar-refractivity contribution is 5.87. The molecule has 0 saturated heterocycles. The molecule has 30 heavy (non-hydrogen) atoms. The van der Waals surface area contributed by atoms with Gasteiger partial charge in [0.2, 0.25) is 0 Å². The summed E-state index contributed by atoms with van der Waals surface area (Å²) >= 11 is 0. The highest BCUT2D eigenvalue weighted by Gasteiger charge is 2.44. The molecule has 0 heterocycles. The maximum absolute atomic E-state index is 6.30. The average molecular weight is 401 g/mol. The lowest BCUT2D eigenvalue weighted by Crippen LogP contribution is -2.41. The topological polar surface area (TPSA) is 47.3 Å². The van der Waals surface area contributed by atoms with Crippen molar-refractivity contribution in [3.05, 3.63) is 77.4 Å². The Kier molecular flexibility index (Phi) is 5.26. The molecule has 2 saturated carbocycles. The van der Waals surface area contributed by atoms with Crippen molar-refractivity contribution in [3.63, 3.8) is 0 Å². The number of aryl methyl sites for hydroxylation is 1. The average Bonchev–Trinajstić information content (AvgIpc) is 3.56. The van der Waals surface area contributed by atoms with E-state index in [4.69, 9.17) is 10.5 Å². The van der Waals surface area contributed by atoms with Crippen LogP contribution < -0.4 is 15.8 Å². The Morgan fingerprint density at radius 3 is 2.63 bits per heavy atom. The molecule has 2 aliphatic carbocycles. The molecule has 0 unspecified atom stereocenters. The highest BCUT2D eigenvalue weighted by atomic mass is 16.5. The van der Waals surface area contributed by atoms with Crippen molar-refractivity contribution in [2.75, 3.05) is 0 Å². The minimum atomic E-state index is 0.0931. The van der Waals surface area contributed by atoms with Crippen LogP contribution in [-0.4, -0.2) is 12.1 Å². The van der Waals surface area contributed by atoms with Crippen LogP contribution in [0.2, 0.25) is 0 Å². The summed E-state index contributed by atoms with van der Waals surface area (Å²) in [6.45, 7) is 3.04. The first kappa shape index (κ1) is 19.6. The van der Waals surface area contributed by atoms with Crippen molar-refractivity contribution in [1.82, 2.24) is 5.32 Å². The number of hydrogen-bond donors (Lipinski definition) is 2. The Morgan fingerprint density at radius 2 is 1.80 bits per heavy atom. The van der Waals surface area contributed by atoms with Gasteiger partial charge < -0.3 is 15.8 Å². The van der Waals surface area contributed by atoms with Gasteiger partial charge >= 0.3 is 0 Å². The van der Waals surface area contributed by atoms with Crippen molar-refractivity contribution < 1.29 is 4.74 Å². The largest absolute Gasteiger partial charge is 0.489 e. The number of benzene rings is 3. The molecule has 3 aromatic rings. The second-order valence-corrected chi connectivity index (χ2v) is 9.16. The van der Waals surface area contributed by atoms with Crippen LogP contribution in [-0.2, 0) is 12.1 Å². The molecular weight excluding hydrogens is 368 g/mol. The summed E-state index contributed by atoms with van der Waals surface area (Å²) in [5.41, 5.74) is 10.4. The molecule has 2 fully saturated rings. The van der Waals surface area contributed by atoms with Gasteiger partial charge in [0.1, 0.15) is 11.9 Å². The van der Waals surface area contributed by atoms with Gasteiger partial charge in [-0.25, -0.2) is 0 Å². The zero-order valence-electron chi connectivity index (χ0n) is 17.9. The quantitative estimate of drug-likeness (QED) is 0.568. The van der Waals surface area contributed by atoms with Crippen molar-refractivity contribution in [2.24, 2.45) is 5.73 Å². The van der Waals surface area contributed by atoms with Gasteiger partial charge in [0, 0.05) is 18.1 Å². The second-order valence-electron chi connectivity index (χ2n) is 9.16.